The number of aryl methyl sites for hydroxylation is 1. The Hall–Kier alpha value is -3.48. The molecule has 2 aliphatic heterocycles. The third-order valence-corrected chi connectivity index (χ3v) is 6.82. The first kappa shape index (κ1) is 21.4. The van der Waals surface area contributed by atoms with Crippen LogP contribution in [-0.4, -0.2) is 41.9 Å². The molecule has 1 N–H and O–H groups in total. The number of carbonyl (C=O) groups is 2. The number of carbonyl (C=O) groups excluding carboxylic acids is 2. The van der Waals surface area contributed by atoms with Crippen molar-refractivity contribution in [1.82, 2.24) is 10.2 Å². The van der Waals surface area contributed by atoms with Crippen LogP contribution in [0, 0.1) is 6.92 Å². The quantitative estimate of drug-likeness (QED) is 0.635. The van der Waals surface area contributed by atoms with Gasteiger partial charge in [0.15, 0.2) is 5.76 Å². The fraction of sp³-hybridized carbons (Fsp3) is 0.385. The number of furan rings is 2. The molecule has 1 unspecified atom stereocenters. The van der Waals surface area contributed by atoms with Gasteiger partial charge in [-0.05, 0) is 56.9 Å². The summed E-state index contributed by atoms with van der Waals surface area (Å²) in [5.74, 6) is 0.853. The van der Waals surface area contributed by atoms with E-state index in [0.29, 0.717) is 55.6 Å². The standard InChI is InChI=1S/C26H29N3O4/c1-17-9-13-33-24(17)25(30)27-20-7-11-28(12-8-20)26(31)21-10-14-32-23(21)16-29-18(2)15-19-5-3-4-6-22(19)29/h3-6,9-10,13-14,18,20H,7-8,11-12,15-16H2,1-2H3,(H,27,30). The zero-order chi connectivity index (χ0) is 22.9. The van der Waals surface area contributed by atoms with Crippen LogP contribution >= 0.6 is 0 Å². The summed E-state index contributed by atoms with van der Waals surface area (Å²) in [5.41, 5.74) is 3.99. The third kappa shape index (κ3) is 4.15. The van der Waals surface area contributed by atoms with Crippen LogP contribution < -0.4 is 10.2 Å². The molecule has 33 heavy (non-hydrogen) atoms. The minimum Gasteiger partial charge on any atom is -0.467 e. The molecule has 0 bridgehead atoms. The molecule has 4 heterocycles. The van der Waals surface area contributed by atoms with Gasteiger partial charge in [-0.3, -0.25) is 9.59 Å². The van der Waals surface area contributed by atoms with Gasteiger partial charge in [0.1, 0.15) is 5.76 Å². The number of nitrogens with zero attached hydrogens (tertiary/aromatic N) is 2. The number of para-hydroxylation sites is 1. The van der Waals surface area contributed by atoms with Crippen LogP contribution in [0.1, 0.15) is 57.6 Å². The summed E-state index contributed by atoms with van der Waals surface area (Å²) in [5, 5.41) is 3.03. The summed E-state index contributed by atoms with van der Waals surface area (Å²) in [4.78, 5) is 29.9. The van der Waals surface area contributed by atoms with Crippen molar-refractivity contribution in [1.29, 1.82) is 0 Å². The number of rotatable bonds is 5. The lowest BCUT2D eigenvalue weighted by atomic mass is 10.0. The van der Waals surface area contributed by atoms with Crippen molar-refractivity contribution in [2.45, 2.75) is 51.7 Å². The summed E-state index contributed by atoms with van der Waals surface area (Å²) >= 11 is 0. The normalized spacial score (nSPS) is 18.4. The van der Waals surface area contributed by atoms with E-state index < -0.39 is 0 Å². The first-order valence-corrected chi connectivity index (χ1v) is 11.6. The molecule has 2 aliphatic rings. The molecule has 1 fully saturated rings. The molecule has 0 aliphatic carbocycles. The fourth-order valence-electron chi connectivity index (χ4n) is 4.93. The van der Waals surface area contributed by atoms with Gasteiger partial charge < -0.3 is 24.0 Å². The summed E-state index contributed by atoms with van der Waals surface area (Å²) in [6.07, 6.45) is 5.54. The number of amides is 2. The molecule has 2 amide bonds. The fourth-order valence-corrected chi connectivity index (χ4v) is 4.93. The maximum absolute atomic E-state index is 13.3. The molecular weight excluding hydrogens is 418 g/mol. The number of hydrogen-bond acceptors (Lipinski definition) is 5. The number of hydrogen-bond donors (Lipinski definition) is 1. The molecule has 7 heteroatoms. The lowest BCUT2D eigenvalue weighted by molar-refractivity contribution is 0.0693. The summed E-state index contributed by atoms with van der Waals surface area (Å²) in [7, 11) is 0. The number of benzene rings is 1. The van der Waals surface area contributed by atoms with Crippen molar-refractivity contribution in [2.24, 2.45) is 0 Å². The van der Waals surface area contributed by atoms with E-state index in [1.807, 2.05) is 17.9 Å². The van der Waals surface area contributed by atoms with Crippen molar-refractivity contribution >= 4 is 17.5 Å². The molecular formula is C26H29N3O4. The third-order valence-electron chi connectivity index (χ3n) is 6.82. The predicted octanol–water partition coefficient (Wildman–Crippen LogP) is 4.17. The van der Waals surface area contributed by atoms with Gasteiger partial charge in [0.05, 0.1) is 24.6 Å². The Kier molecular flexibility index (Phi) is 5.70. The second-order valence-corrected chi connectivity index (χ2v) is 9.04. The Balaban J connectivity index is 1.21. The Morgan fingerprint density at radius 1 is 1.06 bits per heavy atom. The molecule has 172 valence electrons. The number of nitrogens with one attached hydrogen (secondary N) is 1. The van der Waals surface area contributed by atoms with Gasteiger partial charge in [-0.2, -0.15) is 0 Å². The second-order valence-electron chi connectivity index (χ2n) is 9.04. The topological polar surface area (TPSA) is 78.9 Å². The van der Waals surface area contributed by atoms with Crippen LogP contribution in [0.5, 0.6) is 0 Å². The van der Waals surface area contributed by atoms with Crippen LogP contribution in [0.2, 0.25) is 0 Å². The number of fused-ring (bicyclic) bond motifs is 1. The molecule has 2 aromatic heterocycles. The lowest BCUT2D eigenvalue weighted by Crippen LogP contribution is -2.46. The highest BCUT2D eigenvalue weighted by Crippen LogP contribution is 2.34. The highest BCUT2D eigenvalue weighted by Gasteiger charge is 2.31. The monoisotopic (exact) mass is 447 g/mol. The largest absolute Gasteiger partial charge is 0.467 e. The van der Waals surface area contributed by atoms with Gasteiger partial charge in [-0.15, -0.1) is 0 Å². The van der Waals surface area contributed by atoms with E-state index in [1.165, 1.54) is 17.5 Å². The van der Waals surface area contributed by atoms with Gasteiger partial charge >= 0.3 is 0 Å². The molecule has 0 radical (unpaired) electrons. The van der Waals surface area contributed by atoms with Crippen LogP contribution in [0.15, 0.2) is 57.8 Å². The van der Waals surface area contributed by atoms with E-state index in [-0.39, 0.29) is 17.9 Å². The van der Waals surface area contributed by atoms with Gasteiger partial charge in [-0.25, -0.2) is 0 Å². The van der Waals surface area contributed by atoms with Crippen molar-refractivity contribution in [3.8, 4) is 0 Å². The number of piperidine rings is 1. The molecule has 7 nitrogen and oxygen atoms in total. The maximum atomic E-state index is 13.3. The highest BCUT2D eigenvalue weighted by molar-refractivity contribution is 5.95. The average Bonchev–Trinajstić information content (AvgIpc) is 3.53. The van der Waals surface area contributed by atoms with Crippen LogP contribution in [0.25, 0.3) is 0 Å². The SMILES string of the molecule is Cc1ccoc1C(=O)NC1CCN(C(=O)c2ccoc2CN2c3ccccc3CC2C)CC1. The molecule has 0 spiro atoms. The highest BCUT2D eigenvalue weighted by atomic mass is 16.3. The van der Waals surface area contributed by atoms with E-state index in [4.69, 9.17) is 8.83 Å². The first-order valence-electron chi connectivity index (χ1n) is 11.6. The minimum atomic E-state index is -0.195. The Morgan fingerprint density at radius 2 is 1.82 bits per heavy atom. The zero-order valence-corrected chi connectivity index (χ0v) is 19.0. The Bertz CT molecular complexity index is 1160. The lowest BCUT2D eigenvalue weighted by Gasteiger charge is -2.32. The Morgan fingerprint density at radius 3 is 2.58 bits per heavy atom. The molecule has 3 aromatic rings. The van der Waals surface area contributed by atoms with Crippen LogP contribution in [-0.2, 0) is 13.0 Å². The van der Waals surface area contributed by atoms with Crippen molar-refractivity contribution in [3.05, 3.63) is 77.1 Å². The van der Waals surface area contributed by atoms with Crippen molar-refractivity contribution in [3.63, 3.8) is 0 Å². The van der Waals surface area contributed by atoms with Gasteiger partial charge in [-0.1, -0.05) is 18.2 Å². The minimum absolute atomic E-state index is 0.00876. The average molecular weight is 448 g/mol. The van der Waals surface area contributed by atoms with Crippen LogP contribution in [0.3, 0.4) is 0 Å². The van der Waals surface area contributed by atoms with Crippen molar-refractivity contribution < 1.29 is 18.4 Å². The zero-order valence-electron chi connectivity index (χ0n) is 19.0. The van der Waals surface area contributed by atoms with E-state index in [2.05, 4.69) is 35.3 Å². The second kappa shape index (κ2) is 8.81. The van der Waals surface area contributed by atoms with Gasteiger partial charge in [0, 0.05) is 36.4 Å². The first-order chi connectivity index (χ1) is 16.0. The summed E-state index contributed by atoms with van der Waals surface area (Å²) in [6, 6.07) is 12.3. The van der Waals surface area contributed by atoms with Crippen molar-refractivity contribution in [2.75, 3.05) is 18.0 Å². The van der Waals surface area contributed by atoms with E-state index in [0.717, 1.165) is 12.0 Å². The van der Waals surface area contributed by atoms with Gasteiger partial charge in [0.25, 0.3) is 11.8 Å². The van der Waals surface area contributed by atoms with Crippen LogP contribution in [0.4, 0.5) is 5.69 Å². The molecule has 1 aromatic carbocycles. The number of anilines is 1. The molecule has 5 rings (SSSR count). The van der Waals surface area contributed by atoms with E-state index in [9.17, 15) is 9.59 Å². The molecule has 1 saturated heterocycles. The van der Waals surface area contributed by atoms with E-state index >= 15 is 0 Å². The van der Waals surface area contributed by atoms with Gasteiger partial charge in [0.2, 0.25) is 0 Å². The smallest absolute Gasteiger partial charge is 0.287 e. The maximum Gasteiger partial charge on any atom is 0.287 e. The summed E-state index contributed by atoms with van der Waals surface area (Å²) in [6.45, 7) is 5.81. The predicted molar refractivity (Wildman–Crippen MR) is 124 cm³/mol. The summed E-state index contributed by atoms with van der Waals surface area (Å²) < 4.78 is 11.1. The molecule has 0 saturated carbocycles. The Labute approximate surface area is 193 Å². The van der Waals surface area contributed by atoms with E-state index in [1.54, 1.807) is 18.4 Å². The number of likely N-dealkylation sites (tertiary alicyclic amines) is 1. The molecule has 1 atom stereocenters.